The van der Waals surface area contributed by atoms with Gasteiger partial charge in [0, 0.05) is 11.4 Å². The fraction of sp³-hybridized carbons (Fsp3) is 0.200. The van der Waals surface area contributed by atoms with Crippen LogP contribution >= 0.6 is 11.8 Å². The number of nitrogens with zero attached hydrogens (tertiary/aromatic N) is 2. The van der Waals surface area contributed by atoms with Crippen LogP contribution in [0.4, 0.5) is 0 Å². The Morgan fingerprint density at radius 1 is 1.09 bits per heavy atom. The number of carbonyl (C=O) groups excluding carboxylic acids is 1. The lowest BCUT2D eigenvalue weighted by Crippen LogP contribution is -2.39. The van der Waals surface area contributed by atoms with E-state index in [0.29, 0.717) is 0 Å². The summed E-state index contributed by atoms with van der Waals surface area (Å²) in [6.45, 7) is 1.41. The molecule has 0 fully saturated rings. The monoisotopic (exact) mass is 497 g/mol. The van der Waals surface area contributed by atoms with E-state index in [2.05, 4.69) is 10.5 Å². The Morgan fingerprint density at radius 3 is 2.44 bits per heavy atom. The normalized spacial score (nSPS) is 11.6. The summed E-state index contributed by atoms with van der Waals surface area (Å²) in [6, 6.07) is 21.7. The molecule has 0 radical (unpaired) electrons. The van der Waals surface area contributed by atoms with Crippen LogP contribution in [0.25, 0.3) is 0 Å². The molecule has 0 spiro atoms. The molecule has 0 aromatic heterocycles. The van der Waals surface area contributed by atoms with Crippen molar-refractivity contribution in [3.63, 3.8) is 0 Å². The highest BCUT2D eigenvalue weighted by molar-refractivity contribution is 7.98. The average Bonchev–Trinajstić information content (AvgIpc) is 2.84. The van der Waals surface area contributed by atoms with Gasteiger partial charge in [-0.05, 0) is 54.1 Å². The van der Waals surface area contributed by atoms with E-state index in [9.17, 15) is 13.2 Å². The second kappa shape index (κ2) is 11.8. The van der Waals surface area contributed by atoms with Gasteiger partial charge in [0.2, 0.25) is 10.0 Å². The van der Waals surface area contributed by atoms with E-state index >= 15 is 0 Å². The number of sulfonamides is 1. The Morgan fingerprint density at radius 2 is 1.79 bits per heavy atom. The van der Waals surface area contributed by atoms with E-state index in [-0.39, 0.29) is 17.2 Å². The second-order valence-corrected chi connectivity index (χ2v) is 10.3. The molecule has 0 unspecified atom stereocenters. The zero-order valence-corrected chi connectivity index (χ0v) is 20.9. The molecule has 0 saturated carbocycles. The molecule has 3 rings (SSSR count). The van der Waals surface area contributed by atoms with Crippen molar-refractivity contribution in [1.82, 2.24) is 9.73 Å². The molecule has 7 nitrogen and oxygen atoms in total. The van der Waals surface area contributed by atoms with Gasteiger partial charge >= 0.3 is 0 Å². The van der Waals surface area contributed by atoms with E-state index in [4.69, 9.17) is 4.74 Å². The van der Waals surface area contributed by atoms with E-state index in [1.54, 1.807) is 36.9 Å². The zero-order chi connectivity index (χ0) is 24.6. The van der Waals surface area contributed by atoms with Crippen molar-refractivity contribution >= 4 is 33.9 Å². The molecule has 34 heavy (non-hydrogen) atoms. The van der Waals surface area contributed by atoms with Gasteiger partial charge < -0.3 is 4.74 Å². The summed E-state index contributed by atoms with van der Waals surface area (Å²) in [5.41, 5.74) is 4.76. The summed E-state index contributed by atoms with van der Waals surface area (Å²) in [5, 5.41) is 3.98. The highest BCUT2D eigenvalue weighted by atomic mass is 32.2. The van der Waals surface area contributed by atoms with Crippen LogP contribution < -0.4 is 10.2 Å². The summed E-state index contributed by atoms with van der Waals surface area (Å²) < 4.78 is 33.6. The molecule has 1 amide bonds. The number of hydrogen-bond acceptors (Lipinski definition) is 6. The fourth-order valence-electron chi connectivity index (χ4n) is 3.20. The number of aryl methyl sites for hydroxylation is 1. The molecule has 0 bridgehead atoms. The van der Waals surface area contributed by atoms with Gasteiger partial charge in [-0.3, -0.25) is 4.79 Å². The topological polar surface area (TPSA) is 88.1 Å². The molecule has 0 atom stereocenters. The number of rotatable bonds is 10. The molecule has 3 aromatic carbocycles. The highest BCUT2D eigenvalue weighted by Crippen LogP contribution is 2.28. The molecule has 0 aliphatic rings. The predicted molar refractivity (Wildman–Crippen MR) is 136 cm³/mol. The molecule has 0 saturated heterocycles. The van der Waals surface area contributed by atoms with Gasteiger partial charge in [0.25, 0.3) is 5.91 Å². The van der Waals surface area contributed by atoms with Crippen LogP contribution in [0.1, 0.15) is 16.7 Å². The number of methoxy groups -OCH3 is 1. The maximum Gasteiger partial charge on any atom is 0.255 e. The fourth-order valence-corrected chi connectivity index (χ4v) is 5.23. The molecule has 0 aliphatic carbocycles. The van der Waals surface area contributed by atoms with Gasteiger partial charge in [-0.25, -0.2) is 13.8 Å². The maximum absolute atomic E-state index is 13.6. The smallest absolute Gasteiger partial charge is 0.255 e. The Kier molecular flexibility index (Phi) is 8.86. The number of hydrazone groups is 1. The van der Waals surface area contributed by atoms with Crippen LogP contribution in [0.2, 0.25) is 0 Å². The zero-order valence-electron chi connectivity index (χ0n) is 19.3. The Labute approximate surface area is 204 Å². The number of carbonyl (C=O) groups is 1. The van der Waals surface area contributed by atoms with Gasteiger partial charge in [-0.1, -0.05) is 48.5 Å². The first-order valence-electron chi connectivity index (χ1n) is 10.5. The minimum atomic E-state index is -4.05. The average molecular weight is 498 g/mol. The number of hydrogen-bond donors (Lipinski definition) is 1. The van der Waals surface area contributed by atoms with Crippen molar-refractivity contribution in [2.45, 2.75) is 23.3 Å². The third kappa shape index (κ3) is 6.69. The lowest BCUT2D eigenvalue weighted by molar-refractivity contribution is -0.121. The van der Waals surface area contributed by atoms with Crippen LogP contribution in [0.3, 0.4) is 0 Å². The number of amides is 1. The van der Waals surface area contributed by atoms with Gasteiger partial charge in [-0.2, -0.15) is 9.41 Å². The molecular weight excluding hydrogens is 470 g/mol. The number of ether oxygens (including phenoxy) is 1. The van der Waals surface area contributed by atoms with Crippen LogP contribution in [0.5, 0.6) is 5.75 Å². The van der Waals surface area contributed by atoms with Crippen LogP contribution in [-0.2, 0) is 21.4 Å². The predicted octanol–water partition coefficient (Wildman–Crippen LogP) is 4.07. The van der Waals surface area contributed by atoms with Crippen molar-refractivity contribution in [3.05, 3.63) is 89.5 Å². The molecule has 9 heteroatoms. The van der Waals surface area contributed by atoms with E-state index in [1.165, 1.54) is 13.3 Å². The molecule has 0 aliphatic heterocycles. The van der Waals surface area contributed by atoms with Gasteiger partial charge in [0.15, 0.2) is 0 Å². The standard InChI is InChI=1S/C25H27N3O4S2/c1-19-9-14-23(32-2)24(15-19)34(30,31)28(17-21-7-5-4-6-8-21)18-25(29)27-26-16-20-10-12-22(33-3)13-11-20/h4-16H,17-18H2,1-3H3,(H,27,29). The SMILES string of the molecule is COc1ccc(C)cc1S(=O)(=O)N(CC(=O)NN=Cc1ccc(SC)cc1)Cc1ccccc1. The lowest BCUT2D eigenvalue weighted by Gasteiger charge is -2.23. The van der Waals surface area contributed by atoms with Crippen molar-refractivity contribution in [3.8, 4) is 5.75 Å². The first-order chi connectivity index (χ1) is 16.3. The summed E-state index contributed by atoms with van der Waals surface area (Å²) in [6.07, 6.45) is 3.51. The molecule has 3 aromatic rings. The third-order valence-corrected chi connectivity index (χ3v) is 7.53. The molecule has 178 valence electrons. The number of nitrogens with one attached hydrogen (secondary N) is 1. The Bertz CT molecular complexity index is 1240. The van der Waals surface area contributed by atoms with Crippen molar-refractivity contribution in [2.75, 3.05) is 19.9 Å². The van der Waals surface area contributed by atoms with E-state index in [0.717, 1.165) is 25.9 Å². The largest absolute Gasteiger partial charge is 0.495 e. The third-order valence-electron chi connectivity index (χ3n) is 4.98. The number of benzene rings is 3. The number of thioether (sulfide) groups is 1. The lowest BCUT2D eigenvalue weighted by atomic mass is 10.2. The minimum absolute atomic E-state index is 0.0103. The van der Waals surface area contributed by atoms with Crippen LogP contribution in [0, 0.1) is 6.92 Å². The summed E-state index contributed by atoms with van der Waals surface area (Å²) >= 11 is 1.63. The van der Waals surface area contributed by atoms with Crippen LogP contribution in [0.15, 0.2) is 87.7 Å². The molecular formula is C25H27N3O4S2. The van der Waals surface area contributed by atoms with Gasteiger partial charge in [-0.15, -0.1) is 11.8 Å². The quantitative estimate of drug-likeness (QED) is 0.259. The second-order valence-electron chi connectivity index (χ2n) is 7.48. The summed E-state index contributed by atoms with van der Waals surface area (Å²) in [7, 11) is -2.64. The minimum Gasteiger partial charge on any atom is -0.495 e. The summed E-state index contributed by atoms with van der Waals surface area (Å²) in [5.74, 6) is -0.334. The summed E-state index contributed by atoms with van der Waals surface area (Å²) in [4.78, 5) is 13.8. The maximum atomic E-state index is 13.6. The molecule has 0 heterocycles. The van der Waals surface area contributed by atoms with E-state index < -0.39 is 22.5 Å². The van der Waals surface area contributed by atoms with Crippen LogP contribution in [-0.4, -0.2) is 44.8 Å². The Balaban J connectivity index is 1.82. The first kappa shape index (κ1) is 25.5. The van der Waals surface area contributed by atoms with Crippen molar-refractivity contribution < 1.29 is 17.9 Å². The van der Waals surface area contributed by atoms with Crippen molar-refractivity contribution in [2.24, 2.45) is 5.10 Å². The first-order valence-corrected chi connectivity index (χ1v) is 13.1. The van der Waals surface area contributed by atoms with E-state index in [1.807, 2.05) is 60.9 Å². The molecule has 1 N–H and O–H groups in total. The van der Waals surface area contributed by atoms with Gasteiger partial charge in [0.05, 0.1) is 19.9 Å². The van der Waals surface area contributed by atoms with Gasteiger partial charge in [0.1, 0.15) is 10.6 Å². The Hall–Kier alpha value is -3.14. The highest BCUT2D eigenvalue weighted by Gasteiger charge is 2.30. The van der Waals surface area contributed by atoms with Crippen molar-refractivity contribution in [1.29, 1.82) is 0 Å².